The number of nitrogens with zero attached hydrogens (tertiary/aromatic N) is 2. The first-order chi connectivity index (χ1) is 13.0. The average Bonchev–Trinajstić information content (AvgIpc) is 2.95. The van der Waals surface area contributed by atoms with E-state index in [1.165, 1.54) is 0 Å². The van der Waals surface area contributed by atoms with Crippen LogP contribution in [-0.4, -0.2) is 65.1 Å². The van der Waals surface area contributed by atoms with Crippen molar-refractivity contribution in [1.82, 2.24) is 9.80 Å². The van der Waals surface area contributed by atoms with Gasteiger partial charge in [0.2, 0.25) is 11.8 Å². The van der Waals surface area contributed by atoms with Gasteiger partial charge in [-0.15, -0.1) is 0 Å². The summed E-state index contributed by atoms with van der Waals surface area (Å²) in [6.07, 6.45) is 3.62. The minimum absolute atomic E-state index is 0.0507. The fourth-order valence-corrected chi connectivity index (χ4v) is 3.86. The van der Waals surface area contributed by atoms with Crippen LogP contribution < -0.4 is 4.74 Å². The molecule has 2 aliphatic rings. The Morgan fingerprint density at radius 3 is 2.81 bits per heavy atom. The van der Waals surface area contributed by atoms with Crippen LogP contribution in [0.1, 0.15) is 38.5 Å². The highest BCUT2D eigenvalue weighted by Crippen LogP contribution is 2.25. The molecule has 148 valence electrons. The lowest BCUT2D eigenvalue weighted by Crippen LogP contribution is -2.39. The SMILES string of the molecule is O=C1CCCN1CCC(=O)N1CCCC(O)(COc2cccc(Cl)c2)CC1. The lowest BCUT2D eigenvalue weighted by atomic mass is 9.96. The summed E-state index contributed by atoms with van der Waals surface area (Å²) < 4.78 is 5.73. The summed E-state index contributed by atoms with van der Waals surface area (Å²) in [6.45, 7) is 2.56. The van der Waals surface area contributed by atoms with E-state index in [1.807, 2.05) is 0 Å². The first kappa shape index (κ1) is 20.0. The predicted molar refractivity (Wildman–Crippen MR) is 103 cm³/mol. The first-order valence-electron chi connectivity index (χ1n) is 9.61. The molecule has 1 unspecified atom stereocenters. The number of likely N-dealkylation sites (tertiary alicyclic amines) is 2. The van der Waals surface area contributed by atoms with E-state index in [-0.39, 0.29) is 18.4 Å². The third-order valence-electron chi connectivity index (χ3n) is 5.34. The minimum Gasteiger partial charge on any atom is -0.491 e. The zero-order chi connectivity index (χ0) is 19.3. The second-order valence-electron chi connectivity index (χ2n) is 7.44. The summed E-state index contributed by atoms with van der Waals surface area (Å²) >= 11 is 5.96. The Labute approximate surface area is 165 Å². The molecule has 1 aromatic carbocycles. The van der Waals surface area contributed by atoms with Crippen LogP contribution in [-0.2, 0) is 9.59 Å². The van der Waals surface area contributed by atoms with Crippen LogP contribution >= 0.6 is 11.6 Å². The zero-order valence-electron chi connectivity index (χ0n) is 15.5. The number of hydrogen-bond acceptors (Lipinski definition) is 4. The van der Waals surface area contributed by atoms with Gasteiger partial charge in [0.25, 0.3) is 0 Å². The second kappa shape index (κ2) is 8.93. The van der Waals surface area contributed by atoms with Crippen molar-refractivity contribution in [3.05, 3.63) is 29.3 Å². The van der Waals surface area contributed by atoms with Crippen LogP contribution in [0.25, 0.3) is 0 Å². The van der Waals surface area contributed by atoms with Crippen molar-refractivity contribution < 1.29 is 19.4 Å². The van der Waals surface area contributed by atoms with E-state index >= 15 is 0 Å². The van der Waals surface area contributed by atoms with Crippen molar-refractivity contribution in [3.8, 4) is 5.75 Å². The molecule has 0 bridgehead atoms. The molecular weight excluding hydrogens is 368 g/mol. The maximum atomic E-state index is 12.5. The van der Waals surface area contributed by atoms with E-state index in [9.17, 15) is 14.7 Å². The van der Waals surface area contributed by atoms with Crippen LogP contribution in [0, 0.1) is 0 Å². The quantitative estimate of drug-likeness (QED) is 0.804. The van der Waals surface area contributed by atoms with Crippen molar-refractivity contribution in [2.45, 2.75) is 44.1 Å². The number of benzene rings is 1. The molecule has 2 amide bonds. The molecule has 1 atom stereocenters. The smallest absolute Gasteiger partial charge is 0.224 e. The van der Waals surface area contributed by atoms with Crippen molar-refractivity contribution in [1.29, 1.82) is 0 Å². The van der Waals surface area contributed by atoms with E-state index in [0.29, 0.717) is 56.1 Å². The molecule has 6 nitrogen and oxygen atoms in total. The van der Waals surface area contributed by atoms with Crippen LogP contribution in [0.15, 0.2) is 24.3 Å². The lowest BCUT2D eigenvalue weighted by Gasteiger charge is -2.27. The number of ether oxygens (including phenoxy) is 1. The van der Waals surface area contributed by atoms with Gasteiger partial charge in [-0.25, -0.2) is 0 Å². The Morgan fingerprint density at radius 1 is 1.22 bits per heavy atom. The highest BCUT2D eigenvalue weighted by Gasteiger charge is 2.32. The van der Waals surface area contributed by atoms with E-state index < -0.39 is 5.60 Å². The Kier molecular flexibility index (Phi) is 6.60. The molecule has 27 heavy (non-hydrogen) atoms. The first-order valence-corrected chi connectivity index (χ1v) is 9.99. The highest BCUT2D eigenvalue weighted by atomic mass is 35.5. The molecule has 0 aliphatic carbocycles. The number of rotatable bonds is 6. The van der Waals surface area contributed by atoms with Crippen LogP contribution in [0.4, 0.5) is 0 Å². The van der Waals surface area contributed by atoms with Crippen molar-refractivity contribution in [2.75, 3.05) is 32.8 Å². The fraction of sp³-hybridized carbons (Fsp3) is 0.600. The Balaban J connectivity index is 1.47. The standard InChI is InChI=1S/C20H27ClN2O4/c21-16-4-1-5-17(14-16)27-15-20(26)8-3-11-23(13-9-20)19(25)7-12-22-10-2-6-18(22)24/h1,4-5,14,26H,2-3,6-13,15H2. The van der Waals surface area contributed by atoms with Gasteiger partial charge in [-0.2, -0.15) is 0 Å². The molecule has 1 aromatic rings. The highest BCUT2D eigenvalue weighted by molar-refractivity contribution is 6.30. The lowest BCUT2D eigenvalue weighted by molar-refractivity contribution is -0.133. The van der Waals surface area contributed by atoms with Crippen molar-refractivity contribution >= 4 is 23.4 Å². The number of hydrogen-bond donors (Lipinski definition) is 1. The van der Waals surface area contributed by atoms with Gasteiger partial charge in [-0.05, 0) is 43.9 Å². The van der Waals surface area contributed by atoms with Gasteiger partial charge in [0, 0.05) is 44.0 Å². The van der Waals surface area contributed by atoms with E-state index in [0.717, 1.165) is 19.4 Å². The van der Waals surface area contributed by atoms with E-state index in [4.69, 9.17) is 16.3 Å². The molecule has 0 aromatic heterocycles. The van der Waals surface area contributed by atoms with E-state index in [2.05, 4.69) is 0 Å². The molecule has 2 saturated heterocycles. The van der Waals surface area contributed by atoms with Gasteiger partial charge in [0.15, 0.2) is 0 Å². The van der Waals surface area contributed by atoms with Gasteiger partial charge in [0.1, 0.15) is 18.0 Å². The third-order valence-corrected chi connectivity index (χ3v) is 5.58. The van der Waals surface area contributed by atoms with Gasteiger partial charge >= 0.3 is 0 Å². The molecule has 0 radical (unpaired) electrons. The molecule has 2 heterocycles. The summed E-state index contributed by atoms with van der Waals surface area (Å²) in [5, 5.41) is 11.5. The zero-order valence-corrected chi connectivity index (χ0v) is 16.3. The van der Waals surface area contributed by atoms with Gasteiger partial charge in [-0.3, -0.25) is 9.59 Å². The Morgan fingerprint density at radius 2 is 2.07 bits per heavy atom. The normalized spacial score (nSPS) is 23.4. The molecule has 1 N–H and O–H groups in total. The van der Waals surface area contributed by atoms with Crippen LogP contribution in [0.3, 0.4) is 0 Å². The summed E-state index contributed by atoms with van der Waals surface area (Å²) in [4.78, 5) is 27.7. The number of carbonyl (C=O) groups is 2. The number of carbonyl (C=O) groups excluding carboxylic acids is 2. The van der Waals surface area contributed by atoms with Crippen LogP contribution in [0.2, 0.25) is 5.02 Å². The molecule has 2 aliphatic heterocycles. The van der Waals surface area contributed by atoms with Gasteiger partial charge in [-0.1, -0.05) is 17.7 Å². The summed E-state index contributed by atoms with van der Waals surface area (Å²) in [5.41, 5.74) is -0.956. The topological polar surface area (TPSA) is 70.1 Å². The van der Waals surface area contributed by atoms with Gasteiger partial charge < -0.3 is 19.6 Å². The van der Waals surface area contributed by atoms with Crippen molar-refractivity contribution in [3.63, 3.8) is 0 Å². The molecular formula is C20H27ClN2O4. The number of amides is 2. The fourth-order valence-electron chi connectivity index (χ4n) is 3.68. The molecule has 0 spiro atoms. The summed E-state index contributed by atoms with van der Waals surface area (Å²) in [5.74, 6) is 0.823. The molecule has 3 rings (SSSR count). The Bertz CT molecular complexity index is 684. The monoisotopic (exact) mass is 394 g/mol. The summed E-state index contributed by atoms with van der Waals surface area (Å²) in [7, 11) is 0. The van der Waals surface area contributed by atoms with Gasteiger partial charge in [0.05, 0.1) is 0 Å². The molecule has 2 fully saturated rings. The molecule has 0 saturated carbocycles. The Hall–Kier alpha value is -1.79. The second-order valence-corrected chi connectivity index (χ2v) is 7.88. The number of aliphatic hydroxyl groups is 1. The summed E-state index contributed by atoms with van der Waals surface area (Å²) in [6, 6.07) is 7.10. The third kappa shape index (κ3) is 5.59. The molecule has 7 heteroatoms. The van der Waals surface area contributed by atoms with E-state index in [1.54, 1.807) is 34.1 Å². The predicted octanol–water partition coefficient (Wildman–Crippen LogP) is 2.47. The minimum atomic E-state index is -0.956. The largest absolute Gasteiger partial charge is 0.491 e. The maximum absolute atomic E-state index is 12.5. The maximum Gasteiger partial charge on any atom is 0.224 e. The average molecular weight is 395 g/mol. The van der Waals surface area contributed by atoms with Crippen molar-refractivity contribution in [2.24, 2.45) is 0 Å². The van der Waals surface area contributed by atoms with Crippen LogP contribution in [0.5, 0.6) is 5.75 Å². The number of halogens is 1.